The minimum atomic E-state index is -3.79. The highest BCUT2D eigenvalue weighted by atomic mass is 35.5. The summed E-state index contributed by atoms with van der Waals surface area (Å²) in [5.74, 6) is -0.830. The van der Waals surface area contributed by atoms with Crippen molar-refractivity contribution in [1.29, 1.82) is 0 Å². The Labute approximate surface area is 212 Å². The molecule has 2 aromatic rings. The number of nitrogens with one attached hydrogen (secondary N) is 1. The Kier molecular flexibility index (Phi) is 10.2. The summed E-state index contributed by atoms with van der Waals surface area (Å²) in [5, 5.41) is 3.56. The molecule has 0 fully saturated rings. The maximum absolute atomic E-state index is 13.6. The molecule has 1 unspecified atom stereocenters. The van der Waals surface area contributed by atoms with Crippen molar-refractivity contribution in [2.45, 2.75) is 46.2 Å². The zero-order chi connectivity index (χ0) is 25.5. The minimum Gasteiger partial charge on any atom is -0.355 e. The van der Waals surface area contributed by atoms with Crippen molar-refractivity contribution in [3.63, 3.8) is 0 Å². The Hall–Kier alpha value is -2.29. The number of aryl methyl sites for hydroxylation is 1. The molecule has 0 aliphatic heterocycles. The number of carbonyl (C=O) groups is 2. The lowest BCUT2D eigenvalue weighted by Gasteiger charge is -2.33. The van der Waals surface area contributed by atoms with Crippen molar-refractivity contribution < 1.29 is 18.0 Å². The topological polar surface area (TPSA) is 86.8 Å². The average molecular weight is 529 g/mol. The van der Waals surface area contributed by atoms with E-state index in [-0.39, 0.29) is 12.5 Å². The van der Waals surface area contributed by atoms with E-state index in [2.05, 4.69) is 5.32 Å². The van der Waals surface area contributed by atoms with Crippen LogP contribution in [0.5, 0.6) is 0 Å². The van der Waals surface area contributed by atoms with Crippen LogP contribution in [0, 0.1) is 0 Å². The number of likely N-dealkylation sites (N-methyl/N-ethyl adjacent to an activating group) is 1. The number of nitrogens with zero attached hydrogens (tertiary/aromatic N) is 2. The number of amides is 2. The van der Waals surface area contributed by atoms with Crippen LogP contribution in [0.25, 0.3) is 0 Å². The van der Waals surface area contributed by atoms with E-state index in [1.165, 1.54) is 4.90 Å². The van der Waals surface area contributed by atoms with Crippen LogP contribution in [-0.4, -0.2) is 50.5 Å². The third-order valence-corrected chi connectivity index (χ3v) is 7.13. The molecule has 0 aliphatic carbocycles. The third-order valence-electron chi connectivity index (χ3n) is 5.41. The van der Waals surface area contributed by atoms with Gasteiger partial charge in [0.1, 0.15) is 12.6 Å². The van der Waals surface area contributed by atoms with Gasteiger partial charge in [0.05, 0.1) is 11.9 Å². The van der Waals surface area contributed by atoms with Crippen LogP contribution in [0.15, 0.2) is 42.5 Å². The summed E-state index contributed by atoms with van der Waals surface area (Å²) in [6.07, 6.45) is 2.00. The molecule has 1 N–H and O–H groups in total. The molecular formula is C24H31Cl2N3O4S. The molecule has 2 rings (SSSR count). The molecule has 2 amide bonds. The van der Waals surface area contributed by atoms with Gasteiger partial charge in [-0.25, -0.2) is 8.42 Å². The molecule has 0 radical (unpaired) electrons. The van der Waals surface area contributed by atoms with Gasteiger partial charge in [0.25, 0.3) is 0 Å². The lowest BCUT2D eigenvalue weighted by molar-refractivity contribution is -0.140. The molecule has 0 spiro atoms. The molecular weight excluding hydrogens is 497 g/mol. The standard InChI is InChI=1S/C24H31Cl2N3O4S/c1-5-17-10-8-9-11-22(17)29(34(4,32)33)16-23(30)28(21(6-2)24(31)27-7-3)15-18-12-13-19(25)14-20(18)26/h8-14,21H,5-7,15-16H2,1-4H3,(H,27,31). The number of anilines is 1. The van der Waals surface area contributed by atoms with Gasteiger partial charge in [0, 0.05) is 23.1 Å². The van der Waals surface area contributed by atoms with Crippen LogP contribution in [0.4, 0.5) is 5.69 Å². The summed E-state index contributed by atoms with van der Waals surface area (Å²) in [7, 11) is -3.79. The summed E-state index contributed by atoms with van der Waals surface area (Å²) < 4.78 is 26.5. The fourth-order valence-electron chi connectivity index (χ4n) is 3.69. The third kappa shape index (κ3) is 7.10. The smallest absolute Gasteiger partial charge is 0.244 e. The summed E-state index contributed by atoms with van der Waals surface area (Å²) in [6, 6.07) is 11.2. The normalized spacial score (nSPS) is 12.2. The van der Waals surface area contributed by atoms with Gasteiger partial charge in [0.2, 0.25) is 21.8 Å². The molecule has 10 heteroatoms. The number of halogens is 2. The van der Waals surface area contributed by atoms with E-state index in [9.17, 15) is 18.0 Å². The number of carbonyl (C=O) groups excluding carboxylic acids is 2. The van der Waals surface area contributed by atoms with Gasteiger partial charge in [-0.1, -0.05) is 61.3 Å². The van der Waals surface area contributed by atoms with Crippen molar-refractivity contribution in [3.8, 4) is 0 Å². The fourth-order valence-corrected chi connectivity index (χ4v) is 5.04. The number of hydrogen-bond donors (Lipinski definition) is 1. The monoisotopic (exact) mass is 527 g/mol. The number of benzene rings is 2. The maximum Gasteiger partial charge on any atom is 0.244 e. The molecule has 0 heterocycles. The molecule has 186 valence electrons. The summed E-state index contributed by atoms with van der Waals surface area (Å²) >= 11 is 12.4. The van der Waals surface area contributed by atoms with Crippen LogP contribution in [0.1, 0.15) is 38.3 Å². The van der Waals surface area contributed by atoms with Crippen molar-refractivity contribution in [3.05, 3.63) is 63.6 Å². The van der Waals surface area contributed by atoms with Gasteiger partial charge in [0.15, 0.2) is 0 Å². The van der Waals surface area contributed by atoms with Crippen molar-refractivity contribution in [1.82, 2.24) is 10.2 Å². The lowest BCUT2D eigenvalue weighted by atomic mass is 10.1. The molecule has 0 bridgehead atoms. The van der Waals surface area contributed by atoms with Crippen molar-refractivity contribution in [2.24, 2.45) is 0 Å². The Morgan fingerprint density at radius 1 is 1.03 bits per heavy atom. The molecule has 0 saturated carbocycles. The van der Waals surface area contributed by atoms with Crippen molar-refractivity contribution in [2.75, 3.05) is 23.7 Å². The molecule has 34 heavy (non-hydrogen) atoms. The zero-order valence-electron chi connectivity index (χ0n) is 19.8. The largest absolute Gasteiger partial charge is 0.355 e. The highest BCUT2D eigenvalue weighted by Gasteiger charge is 2.32. The van der Waals surface area contributed by atoms with Crippen LogP contribution in [0.2, 0.25) is 10.0 Å². The quantitative estimate of drug-likeness (QED) is 0.472. The number of hydrogen-bond acceptors (Lipinski definition) is 4. The second kappa shape index (κ2) is 12.4. The molecule has 7 nitrogen and oxygen atoms in total. The van der Waals surface area contributed by atoms with Gasteiger partial charge in [-0.05, 0) is 49.1 Å². The first-order chi connectivity index (χ1) is 16.0. The second-order valence-electron chi connectivity index (χ2n) is 7.83. The Balaban J connectivity index is 2.50. The van der Waals surface area contributed by atoms with Gasteiger partial charge in [-0.15, -0.1) is 0 Å². The zero-order valence-corrected chi connectivity index (χ0v) is 22.2. The van der Waals surface area contributed by atoms with E-state index >= 15 is 0 Å². The predicted octanol–water partition coefficient (Wildman–Crippen LogP) is 4.27. The number of para-hydroxylation sites is 1. The average Bonchev–Trinajstić information content (AvgIpc) is 2.78. The SMILES string of the molecule is CCNC(=O)C(CC)N(Cc1ccc(Cl)cc1Cl)C(=O)CN(c1ccccc1CC)S(C)(=O)=O. The Bertz CT molecular complexity index is 1120. The predicted molar refractivity (Wildman–Crippen MR) is 138 cm³/mol. The summed E-state index contributed by atoms with van der Waals surface area (Å²) in [5.41, 5.74) is 1.84. The van der Waals surface area contributed by atoms with Gasteiger partial charge in [-0.3, -0.25) is 13.9 Å². The first-order valence-corrected chi connectivity index (χ1v) is 13.7. The number of rotatable bonds is 11. The molecule has 1 atom stereocenters. The van der Waals surface area contributed by atoms with Gasteiger partial charge in [-0.2, -0.15) is 0 Å². The van der Waals surface area contributed by atoms with Gasteiger partial charge >= 0.3 is 0 Å². The van der Waals surface area contributed by atoms with Crippen LogP contribution in [0.3, 0.4) is 0 Å². The first kappa shape index (κ1) is 28.0. The number of sulfonamides is 1. The highest BCUT2D eigenvalue weighted by Crippen LogP contribution is 2.26. The first-order valence-electron chi connectivity index (χ1n) is 11.1. The minimum absolute atomic E-state index is 0.0253. The fraction of sp³-hybridized carbons (Fsp3) is 0.417. The maximum atomic E-state index is 13.6. The lowest BCUT2D eigenvalue weighted by Crippen LogP contribution is -2.52. The highest BCUT2D eigenvalue weighted by molar-refractivity contribution is 7.92. The van der Waals surface area contributed by atoms with E-state index in [0.717, 1.165) is 16.1 Å². The molecule has 2 aromatic carbocycles. The Morgan fingerprint density at radius 2 is 1.71 bits per heavy atom. The van der Waals surface area contributed by atoms with Gasteiger partial charge < -0.3 is 10.2 Å². The van der Waals surface area contributed by atoms with Crippen molar-refractivity contribution >= 4 is 50.7 Å². The van der Waals surface area contributed by atoms with E-state index < -0.39 is 28.5 Å². The van der Waals surface area contributed by atoms with E-state index in [4.69, 9.17) is 23.2 Å². The molecule has 0 saturated heterocycles. The summed E-state index contributed by atoms with van der Waals surface area (Å²) in [6.45, 7) is 5.48. The van der Waals surface area contributed by atoms with Crippen LogP contribution >= 0.6 is 23.2 Å². The second-order valence-corrected chi connectivity index (χ2v) is 10.6. The molecule has 0 aliphatic rings. The van der Waals surface area contributed by atoms with E-state index in [1.54, 1.807) is 44.2 Å². The summed E-state index contributed by atoms with van der Waals surface area (Å²) in [4.78, 5) is 27.8. The van der Waals surface area contributed by atoms with Crippen LogP contribution in [-0.2, 0) is 32.6 Å². The van der Waals surface area contributed by atoms with E-state index in [1.807, 2.05) is 19.1 Å². The molecule has 0 aromatic heterocycles. The Morgan fingerprint density at radius 3 is 2.26 bits per heavy atom. The van der Waals surface area contributed by atoms with Crippen LogP contribution < -0.4 is 9.62 Å². The van der Waals surface area contributed by atoms with E-state index in [0.29, 0.717) is 40.7 Å².